The minimum Gasteiger partial charge on any atom is -0.473 e. The Balaban J connectivity index is 0.000000459. The summed E-state index contributed by atoms with van der Waals surface area (Å²) >= 11 is 0. The number of carboxylic acids is 2. The van der Waals surface area contributed by atoms with Crippen LogP contribution in [0, 0.1) is 0 Å². The van der Waals surface area contributed by atoms with Gasteiger partial charge in [-0.25, -0.2) is 9.59 Å². The van der Waals surface area contributed by atoms with Crippen LogP contribution >= 0.6 is 0 Å². The van der Waals surface area contributed by atoms with E-state index < -0.39 is 11.9 Å². The van der Waals surface area contributed by atoms with Crippen LogP contribution in [0.2, 0.25) is 0 Å². The second-order valence-electron chi connectivity index (χ2n) is 3.28. The zero-order valence-electron chi connectivity index (χ0n) is 10.3. The van der Waals surface area contributed by atoms with E-state index in [2.05, 4.69) is 15.6 Å². The van der Waals surface area contributed by atoms with E-state index in [9.17, 15) is 4.79 Å². The second-order valence-corrected chi connectivity index (χ2v) is 3.28. The number of amides is 1. The van der Waals surface area contributed by atoms with Crippen molar-refractivity contribution in [2.75, 3.05) is 13.6 Å². The van der Waals surface area contributed by atoms with Crippen LogP contribution in [0.3, 0.4) is 0 Å². The summed E-state index contributed by atoms with van der Waals surface area (Å²) in [5.74, 6) is -3.66. The summed E-state index contributed by atoms with van der Waals surface area (Å²) in [6, 6.07) is 3.77. The Morgan fingerprint density at radius 2 is 1.89 bits per heavy atom. The van der Waals surface area contributed by atoms with Crippen molar-refractivity contribution in [2.45, 2.75) is 6.54 Å². The number of nitrogens with one attached hydrogen (secondary N) is 2. The fraction of sp³-hybridized carbons (Fsp3) is 0.273. The summed E-state index contributed by atoms with van der Waals surface area (Å²) in [4.78, 5) is 33.2. The highest BCUT2D eigenvalue weighted by Gasteiger charge is 2.04. The van der Waals surface area contributed by atoms with Gasteiger partial charge in [-0.15, -0.1) is 0 Å². The first-order valence-corrected chi connectivity index (χ1v) is 5.23. The molecule has 0 spiro atoms. The number of rotatable bonds is 4. The summed E-state index contributed by atoms with van der Waals surface area (Å²) in [5.41, 5.74) is 1.01. The van der Waals surface area contributed by atoms with Crippen molar-refractivity contribution < 1.29 is 24.6 Å². The average Bonchev–Trinajstić information content (AvgIpc) is 2.38. The summed E-state index contributed by atoms with van der Waals surface area (Å²) in [6.07, 6.45) is 3.44. The van der Waals surface area contributed by atoms with Gasteiger partial charge >= 0.3 is 11.9 Å². The van der Waals surface area contributed by atoms with E-state index in [4.69, 9.17) is 19.8 Å². The van der Waals surface area contributed by atoms with Crippen LogP contribution in [0.15, 0.2) is 24.5 Å². The molecule has 0 saturated carbocycles. The molecule has 0 fully saturated rings. The van der Waals surface area contributed by atoms with Crippen LogP contribution in [-0.4, -0.2) is 46.6 Å². The highest BCUT2D eigenvalue weighted by atomic mass is 16.4. The SMILES string of the molecule is CNCC(=O)NCc1cccnc1.O=C(O)C(=O)O. The average molecular weight is 269 g/mol. The van der Waals surface area contributed by atoms with Gasteiger partial charge in [0.25, 0.3) is 0 Å². The normalized spacial score (nSPS) is 8.89. The molecule has 1 aromatic heterocycles. The molecule has 1 amide bonds. The van der Waals surface area contributed by atoms with Gasteiger partial charge < -0.3 is 20.8 Å². The molecule has 1 aromatic rings. The maximum atomic E-state index is 11.0. The zero-order valence-corrected chi connectivity index (χ0v) is 10.3. The number of carbonyl (C=O) groups is 3. The third kappa shape index (κ3) is 9.24. The summed E-state index contributed by atoms with van der Waals surface area (Å²) in [7, 11) is 1.74. The van der Waals surface area contributed by atoms with Crippen LogP contribution in [0.1, 0.15) is 5.56 Å². The van der Waals surface area contributed by atoms with Gasteiger partial charge in [0.05, 0.1) is 6.54 Å². The molecular formula is C11H15N3O5. The first-order chi connectivity index (χ1) is 8.97. The quantitative estimate of drug-likeness (QED) is 0.520. The Morgan fingerprint density at radius 1 is 1.26 bits per heavy atom. The zero-order chi connectivity index (χ0) is 14.7. The van der Waals surface area contributed by atoms with Crippen LogP contribution in [-0.2, 0) is 20.9 Å². The number of carbonyl (C=O) groups excluding carboxylic acids is 1. The van der Waals surface area contributed by atoms with E-state index in [1.165, 1.54) is 0 Å². The first kappa shape index (κ1) is 16.5. The topological polar surface area (TPSA) is 129 Å². The third-order valence-corrected chi connectivity index (χ3v) is 1.73. The number of hydrogen-bond donors (Lipinski definition) is 4. The van der Waals surface area contributed by atoms with Crippen molar-refractivity contribution >= 4 is 17.8 Å². The van der Waals surface area contributed by atoms with E-state index in [1.54, 1.807) is 19.4 Å². The van der Waals surface area contributed by atoms with E-state index in [0.29, 0.717) is 13.1 Å². The van der Waals surface area contributed by atoms with Gasteiger partial charge in [-0.1, -0.05) is 6.07 Å². The Hall–Kier alpha value is -2.48. The lowest BCUT2D eigenvalue weighted by molar-refractivity contribution is -0.159. The van der Waals surface area contributed by atoms with Crippen molar-refractivity contribution in [1.29, 1.82) is 0 Å². The van der Waals surface area contributed by atoms with Gasteiger partial charge in [0.1, 0.15) is 0 Å². The van der Waals surface area contributed by atoms with Gasteiger partial charge in [-0.2, -0.15) is 0 Å². The number of carboxylic acid groups (broad SMARTS) is 2. The Kier molecular flexibility index (Phi) is 8.29. The molecule has 0 aliphatic heterocycles. The fourth-order valence-corrected chi connectivity index (χ4v) is 0.926. The first-order valence-electron chi connectivity index (χ1n) is 5.23. The van der Waals surface area contributed by atoms with Crippen molar-refractivity contribution in [3.63, 3.8) is 0 Å². The standard InChI is InChI=1S/C9H13N3O.C2H2O4/c1-10-7-9(13)12-6-8-3-2-4-11-5-8;3-1(4)2(5)6/h2-5,10H,6-7H2,1H3,(H,12,13);(H,3,4)(H,5,6). The van der Waals surface area contributed by atoms with Crippen LogP contribution in [0.5, 0.6) is 0 Å². The number of nitrogens with zero attached hydrogens (tertiary/aromatic N) is 1. The molecule has 0 aromatic carbocycles. The number of aliphatic carboxylic acids is 2. The molecule has 0 radical (unpaired) electrons. The lowest BCUT2D eigenvalue weighted by Crippen LogP contribution is -2.31. The smallest absolute Gasteiger partial charge is 0.414 e. The molecule has 0 aliphatic rings. The van der Waals surface area contributed by atoms with Crippen LogP contribution < -0.4 is 10.6 Å². The number of aromatic nitrogens is 1. The highest BCUT2D eigenvalue weighted by molar-refractivity contribution is 6.27. The lowest BCUT2D eigenvalue weighted by Gasteiger charge is -2.03. The van der Waals surface area contributed by atoms with E-state index in [-0.39, 0.29) is 5.91 Å². The maximum absolute atomic E-state index is 11.0. The molecule has 104 valence electrons. The molecule has 0 saturated heterocycles. The molecule has 8 heteroatoms. The van der Waals surface area contributed by atoms with Crippen molar-refractivity contribution in [2.24, 2.45) is 0 Å². The molecule has 0 atom stereocenters. The Morgan fingerprint density at radius 3 is 2.32 bits per heavy atom. The predicted octanol–water partition coefficient (Wildman–Crippen LogP) is -0.927. The summed E-state index contributed by atoms with van der Waals surface area (Å²) in [5, 5.41) is 20.3. The van der Waals surface area contributed by atoms with Gasteiger partial charge in [0.2, 0.25) is 5.91 Å². The molecule has 0 aliphatic carbocycles. The number of pyridine rings is 1. The molecule has 8 nitrogen and oxygen atoms in total. The monoisotopic (exact) mass is 269 g/mol. The molecule has 0 bridgehead atoms. The fourth-order valence-electron chi connectivity index (χ4n) is 0.926. The minimum absolute atomic E-state index is 0.00801. The maximum Gasteiger partial charge on any atom is 0.414 e. The Labute approximate surface area is 109 Å². The van der Waals surface area contributed by atoms with Gasteiger partial charge in [0, 0.05) is 18.9 Å². The van der Waals surface area contributed by atoms with E-state index in [0.717, 1.165) is 5.56 Å². The van der Waals surface area contributed by atoms with E-state index in [1.807, 2.05) is 12.1 Å². The molecule has 1 rings (SSSR count). The third-order valence-electron chi connectivity index (χ3n) is 1.73. The molecule has 19 heavy (non-hydrogen) atoms. The summed E-state index contributed by atoms with van der Waals surface area (Å²) < 4.78 is 0. The van der Waals surface area contributed by atoms with Crippen molar-refractivity contribution in [1.82, 2.24) is 15.6 Å². The number of hydrogen-bond acceptors (Lipinski definition) is 5. The van der Waals surface area contributed by atoms with Crippen molar-refractivity contribution in [3.05, 3.63) is 30.1 Å². The van der Waals surface area contributed by atoms with Gasteiger partial charge in [-0.3, -0.25) is 9.78 Å². The Bertz CT molecular complexity index is 410. The minimum atomic E-state index is -1.82. The van der Waals surface area contributed by atoms with Crippen LogP contribution in [0.4, 0.5) is 0 Å². The predicted molar refractivity (Wildman–Crippen MR) is 65.3 cm³/mol. The second kappa shape index (κ2) is 9.54. The van der Waals surface area contributed by atoms with Crippen LogP contribution in [0.25, 0.3) is 0 Å². The lowest BCUT2D eigenvalue weighted by atomic mass is 10.3. The van der Waals surface area contributed by atoms with Gasteiger partial charge in [-0.05, 0) is 18.7 Å². The largest absolute Gasteiger partial charge is 0.473 e. The highest BCUT2D eigenvalue weighted by Crippen LogP contribution is 1.93. The van der Waals surface area contributed by atoms with E-state index >= 15 is 0 Å². The number of likely N-dealkylation sites (N-methyl/N-ethyl adjacent to an activating group) is 1. The van der Waals surface area contributed by atoms with Crippen molar-refractivity contribution in [3.8, 4) is 0 Å². The molecular weight excluding hydrogens is 254 g/mol. The molecule has 0 unspecified atom stereocenters. The van der Waals surface area contributed by atoms with Gasteiger partial charge in [0.15, 0.2) is 0 Å². The molecule has 4 N–H and O–H groups in total. The summed E-state index contributed by atoms with van der Waals surface area (Å²) in [6.45, 7) is 0.884. The molecule has 1 heterocycles.